The van der Waals surface area contributed by atoms with Gasteiger partial charge in [-0.25, -0.2) is 0 Å². The van der Waals surface area contributed by atoms with Crippen LogP contribution in [0.5, 0.6) is 23.0 Å². The normalized spacial score (nSPS) is 11.7. The number of carbonyl (C=O) groups is 2. The summed E-state index contributed by atoms with van der Waals surface area (Å²) in [6.45, 7) is 1.22. The zero-order valence-corrected chi connectivity index (χ0v) is 19.0. The fourth-order valence-corrected chi connectivity index (χ4v) is 3.02. The second-order valence-corrected chi connectivity index (χ2v) is 6.82. The van der Waals surface area contributed by atoms with Gasteiger partial charge in [-0.05, 0) is 19.1 Å². The van der Waals surface area contributed by atoms with E-state index >= 15 is 0 Å². The number of nitrogens with zero attached hydrogens (tertiary/aromatic N) is 2. The van der Waals surface area contributed by atoms with Gasteiger partial charge in [0.15, 0.2) is 28.8 Å². The number of hydrogen-bond donors (Lipinski definition) is 1. The Hall–Kier alpha value is -3.04. The Balaban J connectivity index is 2.31. The SMILES string of the molecule is COc1cc(Cl)c(NC(=O)C(N=Nc2ccc(OC)c(OC)c2Cl)C(C)=O)cc1OC. The number of hydrogen-bond acceptors (Lipinski definition) is 8. The lowest BCUT2D eigenvalue weighted by atomic mass is 10.2. The van der Waals surface area contributed by atoms with Gasteiger partial charge >= 0.3 is 0 Å². The Kier molecular flexibility index (Phi) is 8.47. The van der Waals surface area contributed by atoms with E-state index in [2.05, 4.69) is 15.5 Å². The number of benzene rings is 2. The molecular formula is C20H21Cl2N3O6. The van der Waals surface area contributed by atoms with Gasteiger partial charge in [0, 0.05) is 12.1 Å². The Morgan fingerprint density at radius 1 is 0.935 bits per heavy atom. The first kappa shape index (κ1) is 24.2. The summed E-state index contributed by atoms with van der Waals surface area (Å²) in [4.78, 5) is 24.7. The molecule has 0 bridgehead atoms. The van der Waals surface area contributed by atoms with Gasteiger partial charge in [0.2, 0.25) is 6.04 Å². The summed E-state index contributed by atoms with van der Waals surface area (Å²) >= 11 is 12.4. The average Bonchev–Trinajstić information content (AvgIpc) is 2.75. The highest BCUT2D eigenvalue weighted by molar-refractivity contribution is 6.35. The molecule has 0 aliphatic rings. The first-order valence-corrected chi connectivity index (χ1v) is 9.57. The highest BCUT2D eigenvalue weighted by Crippen LogP contribution is 2.41. The van der Waals surface area contributed by atoms with Gasteiger partial charge in [-0.3, -0.25) is 9.59 Å². The summed E-state index contributed by atoms with van der Waals surface area (Å²) in [5.74, 6) is 0.116. The van der Waals surface area contributed by atoms with Gasteiger partial charge in [-0.15, -0.1) is 0 Å². The summed E-state index contributed by atoms with van der Waals surface area (Å²) in [5, 5.41) is 10.7. The zero-order chi connectivity index (χ0) is 23.1. The molecule has 2 aromatic rings. The van der Waals surface area contributed by atoms with Crippen LogP contribution in [0.2, 0.25) is 10.0 Å². The molecule has 0 heterocycles. The Bertz CT molecular complexity index is 1010. The Labute approximate surface area is 189 Å². The van der Waals surface area contributed by atoms with E-state index in [0.29, 0.717) is 17.2 Å². The topological polar surface area (TPSA) is 108 Å². The van der Waals surface area contributed by atoms with Crippen molar-refractivity contribution in [2.75, 3.05) is 33.8 Å². The van der Waals surface area contributed by atoms with Crippen LogP contribution in [0.1, 0.15) is 6.92 Å². The number of rotatable bonds is 9. The second kappa shape index (κ2) is 10.8. The van der Waals surface area contributed by atoms with E-state index in [0.717, 1.165) is 0 Å². The third-order valence-corrected chi connectivity index (χ3v) is 4.79. The van der Waals surface area contributed by atoms with Crippen molar-refractivity contribution < 1.29 is 28.5 Å². The van der Waals surface area contributed by atoms with Crippen LogP contribution in [0.4, 0.5) is 11.4 Å². The van der Waals surface area contributed by atoms with Crippen molar-refractivity contribution in [3.05, 3.63) is 34.3 Å². The quantitative estimate of drug-likeness (QED) is 0.420. The number of Topliss-reactive ketones (excluding diaryl/α,β-unsaturated/α-hetero) is 1. The van der Waals surface area contributed by atoms with E-state index in [1.165, 1.54) is 53.6 Å². The summed E-state index contributed by atoms with van der Waals surface area (Å²) in [6, 6.07) is 4.61. The molecule has 9 nitrogen and oxygen atoms in total. The second-order valence-electron chi connectivity index (χ2n) is 6.04. The van der Waals surface area contributed by atoms with Crippen molar-refractivity contribution in [1.82, 2.24) is 0 Å². The van der Waals surface area contributed by atoms with Gasteiger partial charge in [0.25, 0.3) is 5.91 Å². The molecule has 0 radical (unpaired) electrons. The van der Waals surface area contributed by atoms with E-state index < -0.39 is 17.7 Å². The third-order valence-electron chi connectivity index (χ3n) is 4.11. The van der Waals surface area contributed by atoms with Crippen molar-refractivity contribution in [3.63, 3.8) is 0 Å². The minimum absolute atomic E-state index is 0.122. The molecule has 2 rings (SSSR count). The first-order chi connectivity index (χ1) is 14.8. The number of halogens is 2. The molecule has 166 valence electrons. The molecule has 1 amide bonds. The van der Waals surface area contributed by atoms with E-state index in [9.17, 15) is 9.59 Å². The number of nitrogens with one attached hydrogen (secondary N) is 1. The first-order valence-electron chi connectivity index (χ1n) is 8.81. The van der Waals surface area contributed by atoms with Crippen LogP contribution in [-0.4, -0.2) is 46.2 Å². The highest BCUT2D eigenvalue weighted by Gasteiger charge is 2.25. The van der Waals surface area contributed by atoms with Crippen LogP contribution in [0, 0.1) is 0 Å². The monoisotopic (exact) mass is 469 g/mol. The lowest BCUT2D eigenvalue weighted by Gasteiger charge is -2.14. The van der Waals surface area contributed by atoms with E-state index in [-0.39, 0.29) is 27.2 Å². The molecule has 0 aliphatic heterocycles. The van der Waals surface area contributed by atoms with Gasteiger partial charge in [-0.2, -0.15) is 10.2 Å². The summed E-state index contributed by atoms with van der Waals surface area (Å²) in [6.07, 6.45) is 0. The summed E-state index contributed by atoms with van der Waals surface area (Å²) in [7, 11) is 5.78. The molecule has 1 N–H and O–H groups in total. The van der Waals surface area contributed by atoms with Crippen LogP contribution in [0.25, 0.3) is 0 Å². The molecule has 0 spiro atoms. The molecule has 2 aromatic carbocycles. The van der Waals surface area contributed by atoms with Crippen molar-refractivity contribution >= 4 is 46.3 Å². The number of ketones is 1. The van der Waals surface area contributed by atoms with Gasteiger partial charge in [0.05, 0.1) is 39.1 Å². The van der Waals surface area contributed by atoms with Crippen molar-refractivity contribution in [2.45, 2.75) is 13.0 Å². The fraction of sp³-hybridized carbons (Fsp3) is 0.300. The van der Waals surface area contributed by atoms with Crippen LogP contribution in [-0.2, 0) is 9.59 Å². The van der Waals surface area contributed by atoms with Crippen LogP contribution in [0.3, 0.4) is 0 Å². The number of carbonyl (C=O) groups excluding carboxylic acids is 2. The maximum absolute atomic E-state index is 12.7. The predicted molar refractivity (Wildman–Crippen MR) is 117 cm³/mol. The lowest BCUT2D eigenvalue weighted by molar-refractivity contribution is -0.126. The number of anilines is 1. The molecular weight excluding hydrogens is 449 g/mol. The summed E-state index contributed by atoms with van der Waals surface area (Å²) < 4.78 is 20.7. The Morgan fingerprint density at radius 3 is 2.10 bits per heavy atom. The fourth-order valence-electron chi connectivity index (χ4n) is 2.55. The lowest BCUT2D eigenvalue weighted by Crippen LogP contribution is -2.31. The number of methoxy groups -OCH3 is 4. The van der Waals surface area contributed by atoms with E-state index in [4.69, 9.17) is 42.1 Å². The van der Waals surface area contributed by atoms with Crippen molar-refractivity contribution in [2.24, 2.45) is 10.2 Å². The largest absolute Gasteiger partial charge is 0.493 e. The smallest absolute Gasteiger partial charge is 0.258 e. The van der Waals surface area contributed by atoms with Crippen LogP contribution in [0.15, 0.2) is 34.5 Å². The Morgan fingerprint density at radius 2 is 1.55 bits per heavy atom. The van der Waals surface area contributed by atoms with Gasteiger partial charge in [-0.1, -0.05) is 23.2 Å². The minimum atomic E-state index is -1.44. The number of ether oxygens (including phenoxy) is 4. The van der Waals surface area contributed by atoms with E-state index in [1.54, 1.807) is 6.07 Å². The third kappa shape index (κ3) is 5.56. The molecule has 11 heteroatoms. The van der Waals surface area contributed by atoms with E-state index in [1.807, 2.05) is 0 Å². The summed E-state index contributed by atoms with van der Waals surface area (Å²) in [5.41, 5.74) is 0.414. The molecule has 31 heavy (non-hydrogen) atoms. The molecule has 1 atom stereocenters. The molecule has 0 fully saturated rings. The molecule has 0 aliphatic carbocycles. The molecule has 1 unspecified atom stereocenters. The van der Waals surface area contributed by atoms with Crippen molar-refractivity contribution in [1.29, 1.82) is 0 Å². The maximum Gasteiger partial charge on any atom is 0.258 e. The van der Waals surface area contributed by atoms with Gasteiger partial charge < -0.3 is 24.3 Å². The van der Waals surface area contributed by atoms with Crippen molar-refractivity contribution in [3.8, 4) is 23.0 Å². The molecule has 0 saturated carbocycles. The zero-order valence-electron chi connectivity index (χ0n) is 17.5. The van der Waals surface area contributed by atoms with Crippen LogP contribution < -0.4 is 24.3 Å². The van der Waals surface area contributed by atoms with Crippen LogP contribution >= 0.6 is 23.2 Å². The standard InChI is InChI=1S/C20H21Cl2N3O6/c1-10(26)18(25-24-12-6-7-14(28-2)19(31-5)17(12)22)20(27)23-13-9-16(30-4)15(29-3)8-11(13)21/h6-9,18H,1-5H3,(H,23,27). The molecule has 0 aromatic heterocycles. The highest BCUT2D eigenvalue weighted by atomic mass is 35.5. The number of azo groups is 1. The predicted octanol–water partition coefficient (Wildman–Crippen LogP) is 4.71. The number of amides is 1. The maximum atomic E-state index is 12.7. The average molecular weight is 470 g/mol. The minimum Gasteiger partial charge on any atom is -0.493 e. The molecule has 0 saturated heterocycles. The van der Waals surface area contributed by atoms with Gasteiger partial charge in [0.1, 0.15) is 10.7 Å².